The fourth-order valence-electron chi connectivity index (χ4n) is 2.55. The summed E-state index contributed by atoms with van der Waals surface area (Å²) < 4.78 is 5.73. The summed E-state index contributed by atoms with van der Waals surface area (Å²) in [5.41, 5.74) is 2.96. The molecule has 0 aliphatic carbocycles. The van der Waals surface area contributed by atoms with Crippen molar-refractivity contribution in [3.8, 4) is 5.75 Å². The van der Waals surface area contributed by atoms with Crippen LogP contribution in [0.1, 0.15) is 36.6 Å². The van der Waals surface area contributed by atoms with Crippen LogP contribution in [-0.4, -0.2) is 42.3 Å². The van der Waals surface area contributed by atoms with E-state index >= 15 is 0 Å². The summed E-state index contributed by atoms with van der Waals surface area (Å²) in [5.74, 6) is 0.879. The number of hydrogen-bond donors (Lipinski definition) is 2. The normalized spacial score (nSPS) is 11.1. The molecule has 0 bridgehead atoms. The van der Waals surface area contributed by atoms with Crippen LogP contribution in [0.3, 0.4) is 0 Å². The Bertz CT molecular complexity index is 641. The second-order valence-corrected chi connectivity index (χ2v) is 6.11. The van der Waals surface area contributed by atoms with Crippen LogP contribution in [0.5, 0.6) is 5.75 Å². The van der Waals surface area contributed by atoms with Crippen LogP contribution in [0.25, 0.3) is 0 Å². The van der Waals surface area contributed by atoms with Gasteiger partial charge in [-0.25, -0.2) is 0 Å². The Morgan fingerprint density at radius 2 is 1.87 bits per heavy atom. The molecule has 0 atom stereocenters. The highest BCUT2D eigenvalue weighted by Gasteiger charge is 2.10. The minimum atomic E-state index is -0.0162. The molecule has 0 fully saturated rings. The summed E-state index contributed by atoms with van der Waals surface area (Å²) in [6, 6.07) is 8.02. The van der Waals surface area contributed by atoms with E-state index in [0.29, 0.717) is 6.42 Å². The number of benzene rings is 1. The van der Waals surface area contributed by atoms with E-state index in [0.717, 1.165) is 55.0 Å². The van der Waals surface area contributed by atoms with Crippen LogP contribution in [-0.2, 0) is 12.8 Å². The standard InChI is InChI=1S/C18H27N3O2/c1-4-6-17-16(18(22)20-19-17)13-14-7-9-15(10-8-14)23-12-5-11-21(2)3/h7-10H,4-6,11-13H2,1-3H3,(H2,19,20,22). The van der Waals surface area contributed by atoms with Gasteiger partial charge in [0.2, 0.25) is 0 Å². The van der Waals surface area contributed by atoms with Crippen molar-refractivity contribution in [3.05, 3.63) is 51.4 Å². The quantitative estimate of drug-likeness (QED) is 0.699. The number of rotatable bonds is 9. The van der Waals surface area contributed by atoms with E-state index in [9.17, 15) is 4.79 Å². The van der Waals surface area contributed by atoms with Crippen LogP contribution >= 0.6 is 0 Å². The van der Waals surface area contributed by atoms with Gasteiger partial charge < -0.3 is 14.7 Å². The zero-order valence-corrected chi connectivity index (χ0v) is 14.3. The van der Waals surface area contributed by atoms with Gasteiger partial charge in [0.1, 0.15) is 5.75 Å². The van der Waals surface area contributed by atoms with Crippen molar-refractivity contribution in [2.75, 3.05) is 27.2 Å². The number of aryl methyl sites for hydroxylation is 1. The molecule has 2 N–H and O–H groups in total. The lowest BCUT2D eigenvalue weighted by Crippen LogP contribution is -2.15. The van der Waals surface area contributed by atoms with Crippen LogP contribution < -0.4 is 10.3 Å². The summed E-state index contributed by atoms with van der Waals surface area (Å²) >= 11 is 0. The SMILES string of the molecule is CCCc1[nH][nH]c(=O)c1Cc1ccc(OCCCN(C)C)cc1. The average Bonchev–Trinajstić information content (AvgIpc) is 2.86. The number of ether oxygens (including phenoxy) is 1. The molecule has 0 saturated carbocycles. The Morgan fingerprint density at radius 1 is 1.13 bits per heavy atom. The third kappa shape index (κ3) is 5.28. The molecule has 23 heavy (non-hydrogen) atoms. The minimum absolute atomic E-state index is 0.0162. The van der Waals surface area contributed by atoms with Crippen molar-refractivity contribution >= 4 is 0 Å². The summed E-state index contributed by atoms with van der Waals surface area (Å²) in [6.07, 6.45) is 3.56. The lowest BCUT2D eigenvalue weighted by Gasteiger charge is -2.10. The second kappa shape index (κ2) is 8.58. The van der Waals surface area contributed by atoms with Gasteiger partial charge >= 0.3 is 0 Å². The van der Waals surface area contributed by atoms with Gasteiger partial charge in [-0.15, -0.1) is 0 Å². The van der Waals surface area contributed by atoms with Gasteiger partial charge in [0.25, 0.3) is 5.56 Å². The lowest BCUT2D eigenvalue weighted by molar-refractivity contribution is 0.281. The van der Waals surface area contributed by atoms with E-state index in [1.54, 1.807) is 0 Å². The maximum atomic E-state index is 11.9. The highest BCUT2D eigenvalue weighted by Crippen LogP contribution is 2.16. The van der Waals surface area contributed by atoms with Gasteiger partial charge in [-0.1, -0.05) is 25.5 Å². The molecular formula is C18H27N3O2. The number of nitrogens with one attached hydrogen (secondary N) is 2. The molecule has 1 heterocycles. The maximum Gasteiger partial charge on any atom is 0.267 e. The first-order chi connectivity index (χ1) is 11.1. The van der Waals surface area contributed by atoms with Crippen molar-refractivity contribution < 1.29 is 4.74 Å². The van der Waals surface area contributed by atoms with E-state index in [-0.39, 0.29) is 5.56 Å². The van der Waals surface area contributed by atoms with E-state index in [1.807, 2.05) is 24.3 Å². The van der Waals surface area contributed by atoms with Crippen molar-refractivity contribution in [3.63, 3.8) is 0 Å². The molecule has 0 aliphatic rings. The Balaban J connectivity index is 1.92. The number of aromatic nitrogens is 2. The fourth-order valence-corrected chi connectivity index (χ4v) is 2.55. The molecule has 0 amide bonds. The third-order valence-corrected chi connectivity index (χ3v) is 3.79. The summed E-state index contributed by atoms with van der Waals surface area (Å²) in [5, 5.41) is 5.67. The summed E-state index contributed by atoms with van der Waals surface area (Å²) in [4.78, 5) is 14.0. The maximum absolute atomic E-state index is 11.9. The number of H-pyrrole nitrogens is 2. The van der Waals surface area contributed by atoms with E-state index in [1.165, 1.54) is 0 Å². The van der Waals surface area contributed by atoms with E-state index < -0.39 is 0 Å². The molecule has 5 nitrogen and oxygen atoms in total. The van der Waals surface area contributed by atoms with Crippen molar-refractivity contribution in [1.82, 2.24) is 15.1 Å². The van der Waals surface area contributed by atoms with Gasteiger partial charge in [0.15, 0.2) is 0 Å². The van der Waals surface area contributed by atoms with Gasteiger partial charge in [-0.05, 0) is 44.6 Å². The molecule has 0 aliphatic heterocycles. The molecular weight excluding hydrogens is 290 g/mol. The molecule has 0 spiro atoms. The number of hydrogen-bond acceptors (Lipinski definition) is 3. The monoisotopic (exact) mass is 317 g/mol. The zero-order valence-electron chi connectivity index (χ0n) is 14.3. The summed E-state index contributed by atoms with van der Waals surface area (Å²) in [7, 11) is 4.12. The fraction of sp³-hybridized carbons (Fsp3) is 0.500. The molecule has 126 valence electrons. The predicted molar refractivity (Wildman–Crippen MR) is 93.3 cm³/mol. The van der Waals surface area contributed by atoms with Crippen LogP contribution in [0, 0.1) is 0 Å². The van der Waals surface area contributed by atoms with Gasteiger partial charge in [0, 0.05) is 24.2 Å². The van der Waals surface area contributed by atoms with Gasteiger partial charge in [-0.2, -0.15) is 0 Å². The zero-order chi connectivity index (χ0) is 16.7. The van der Waals surface area contributed by atoms with Crippen LogP contribution in [0.2, 0.25) is 0 Å². The predicted octanol–water partition coefficient (Wildman–Crippen LogP) is 2.58. The van der Waals surface area contributed by atoms with Crippen LogP contribution in [0.4, 0.5) is 0 Å². The lowest BCUT2D eigenvalue weighted by atomic mass is 10.0. The smallest absolute Gasteiger partial charge is 0.267 e. The molecule has 0 radical (unpaired) electrons. The first kappa shape index (κ1) is 17.3. The molecule has 5 heteroatoms. The second-order valence-electron chi connectivity index (χ2n) is 6.11. The Kier molecular flexibility index (Phi) is 6.47. The topological polar surface area (TPSA) is 61.1 Å². The molecule has 2 rings (SSSR count). The molecule has 0 unspecified atom stereocenters. The van der Waals surface area contributed by atoms with E-state index in [2.05, 4.69) is 36.1 Å². The number of aromatic amines is 2. The highest BCUT2D eigenvalue weighted by molar-refractivity contribution is 5.32. The van der Waals surface area contributed by atoms with Gasteiger partial charge in [0.05, 0.1) is 6.61 Å². The Labute approximate surface area is 137 Å². The molecule has 2 aromatic rings. The Hall–Kier alpha value is -2.01. The molecule has 1 aromatic carbocycles. The van der Waals surface area contributed by atoms with E-state index in [4.69, 9.17) is 4.74 Å². The largest absolute Gasteiger partial charge is 0.494 e. The first-order valence-electron chi connectivity index (χ1n) is 8.25. The minimum Gasteiger partial charge on any atom is -0.494 e. The third-order valence-electron chi connectivity index (χ3n) is 3.79. The average molecular weight is 317 g/mol. The van der Waals surface area contributed by atoms with Crippen molar-refractivity contribution in [1.29, 1.82) is 0 Å². The summed E-state index contributed by atoms with van der Waals surface area (Å²) in [6.45, 7) is 3.85. The van der Waals surface area contributed by atoms with Crippen molar-refractivity contribution in [2.45, 2.75) is 32.6 Å². The molecule has 1 aromatic heterocycles. The highest BCUT2D eigenvalue weighted by atomic mass is 16.5. The Morgan fingerprint density at radius 3 is 2.52 bits per heavy atom. The first-order valence-corrected chi connectivity index (χ1v) is 8.25. The molecule has 0 saturated heterocycles. The van der Waals surface area contributed by atoms with Crippen molar-refractivity contribution in [2.24, 2.45) is 0 Å². The van der Waals surface area contributed by atoms with Crippen LogP contribution in [0.15, 0.2) is 29.1 Å². The number of nitrogens with zero attached hydrogens (tertiary/aromatic N) is 1. The van der Waals surface area contributed by atoms with Gasteiger partial charge in [-0.3, -0.25) is 9.89 Å².